The van der Waals surface area contributed by atoms with Crippen molar-refractivity contribution in [3.63, 3.8) is 0 Å². The van der Waals surface area contributed by atoms with Gasteiger partial charge in [0, 0.05) is 56.3 Å². The van der Waals surface area contributed by atoms with Crippen LogP contribution >= 0.6 is 15.9 Å². The van der Waals surface area contributed by atoms with E-state index in [4.69, 9.17) is 4.74 Å². The number of piperidine rings is 1. The highest BCUT2D eigenvalue weighted by atomic mass is 79.9. The van der Waals surface area contributed by atoms with Crippen LogP contribution in [0, 0.1) is 0 Å². The molecule has 1 aromatic rings. The second-order valence-corrected chi connectivity index (χ2v) is 7.89. The molecular weight excluding hydrogens is 380 g/mol. The van der Waals surface area contributed by atoms with Crippen molar-refractivity contribution in [2.75, 3.05) is 40.4 Å². The summed E-state index contributed by atoms with van der Waals surface area (Å²) in [6.45, 7) is 4.11. The van der Waals surface area contributed by atoms with Crippen LogP contribution < -0.4 is 10.6 Å². The van der Waals surface area contributed by atoms with Crippen molar-refractivity contribution in [2.45, 2.75) is 37.3 Å². The molecule has 0 amide bonds. The normalized spacial score (nSPS) is 25.0. The van der Waals surface area contributed by atoms with Crippen molar-refractivity contribution in [2.24, 2.45) is 4.99 Å². The van der Waals surface area contributed by atoms with Gasteiger partial charge in [0.15, 0.2) is 5.96 Å². The number of likely N-dealkylation sites (tertiary alicyclic amines) is 1. The number of guanidine groups is 1. The molecule has 1 saturated carbocycles. The number of halogens is 1. The lowest BCUT2D eigenvalue weighted by Gasteiger charge is -2.32. The molecule has 0 radical (unpaired) electrons. The van der Waals surface area contributed by atoms with E-state index in [1.807, 2.05) is 7.05 Å². The molecule has 6 heteroatoms. The smallest absolute Gasteiger partial charge is 0.191 e. The Morgan fingerprint density at radius 2 is 1.96 bits per heavy atom. The number of nitrogens with zero attached hydrogens (tertiary/aromatic N) is 2. The van der Waals surface area contributed by atoms with E-state index < -0.39 is 0 Å². The molecule has 1 aliphatic carbocycles. The molecule has 0 spiro atoms. The zero-order chi connectivity index (χ0) is 17.6. The van der Waals surface area contributed by atoms with Gasteiger partial charge in [-0.15, -0.1) is 0 Å². The quantitative estimate of drug-likeness (QED) is 0.560. The van der Waals surface area contributed by atoms with Crippen LogP contribution in [0.3, 0.4) is 0 Å². The van der Waals surface area contributed by atoms with E-state index >= 15 is 0 Å². The van der Waals surface area contributed by atoms with Gasteiger partial charge in [0.25, 0.3) is 0 Å². The van der Waals surface area contributed by atoms with E-state index in [1.165, 1.54) is 12.0 Å². The lowest BCUT2D eigenvalue weighted by molar-refractivity contribution is 0.128. The Morgan fingerprint density at radius 1 is 1.24 bits per heavy atom. The van der Waals surface area contributed by atoms with Gasteiger partial charge in [0.1, 0.15) is 0 Å². The Bertz CT molecular complexity index is 569. The molecule has 0 aromatic heterocycles. The molecule has 1 aliphatic heterocycles. The van der Waals surface area contributed by atoms with E-state index in [0.717, 1.165) is 49.5 Å². The highest BCUT2D eigenvalue weighted by Gasteiger charge is 2.39. The Balaban J connectivity index is 1.41. The number of aliphatic imine (C=N–C) groups is 1. The number of ether oxygens (including phenoxy) is 1. The third-order valence-corrected chi connectivity index (χ3v) is 5.70. The fraction of sp³-hybridized carbons (Fsp3) is 0.632. The Morgan fingerprint density at radius 3 is 2.60 bits per heavy atom. The van der Waals surface area contributed by atoms with E-state index in [0.29, 0.717) is 18.0 Å². The maximum absolute atomic E-state index is 5.17. The number of hydrogen-bond donors (Lipinski definition) is 2. The molecule has 2 aliphatic rings. The molecule has 2 fully saturated rings. The molecule has 2 N–H and O–H groups in total. The van der Waals surface area contributed by atoms with Gasteiger partial charge in [-0.05, 0) is 37.0 Å². The van der Waals surface area contributed by atoms with Crippen LogP contribution in [-0.2, 0) is 4.74 Å². The summed E-state index contributed by atoms with van der Waals surface area (Å²) in [6, 6.07) is 9.67. The van der Waals surface area contributed by atoms with Crippen molar-refractivity contribution < 1.29 is 4.74 Å². The number of benzene rings is 1. The summed E-state index contributed by atoms with van der Waals surface area (Å²) in [4.78, 5) is 6.90. The summed E-state index contributed by atoms with van der Waals surface area (Å²) in [5.41, 5.74) is 1.41. The van der Waals surface area contributed by atoms with E-state index in [9.17, 15) is 0 Å². The van der Waals surface area contributed by atoms with Gasteiger partial charge in [-0.2, -0.15) is 0 Å². The van der Waals surface area contributed by atoms with E-state index in [2.05, 4.69) is 60.7 Å². The summed E-state index contributed by atoms with van der Waals surface area (Å²) in [5, 5.41) is 7.20. The Labute approximate surface area is 159 Å². The third kappa shape index (κ3) is 5.43. The molecule has 2 unspecified atom stereocenters. The number of rotatable bonds is 6. The molecule has 5 nitrogen and oxygen atoms in total. The molecule has 1 saturated heterocycles. The summed E-state index contributed by atoms with van der Waals surface area (Å²) in [7, 11) is 3.63. The standard InChI is InChI=1S/C19H29BrN4O/c1-21-19(22-16-7-9-24(10-8-16)11-12-25-2)23-18-13-17(18)14-3-5-15(20)6-4-14/h3-6,16-18H,7-13H2,1-2H3,(H2,21,22,23). The number of methoxy groups -OCH3 is 1. The molecular formula is C19H29BrN4O. The van der Waals surface area contributed by atoms with Crippen molar-refractivity contribution in [1.29, 1.82) is 0 Å². The highest BCUT2D eigenvalue weighted by molar-refractivity contribution is 9.10. The van der Waals surface area contributed by atoms with Crippen molar-refractivity contribution in [3.05, 3.63) is 34.3 Å². The summed E-state index contributed by atoms with van der Waals surface area (Å²) >= 11 is 3.50. The number of nitrogens with one attached hydrogen (secondary N) is 2. The molecule has 2 atom stereocenters. The summed E-state index contributed by atoms with van der Waals surface area (Å²) in [6.07, 6.45) is 3.49. The first-order valence-electron chi connectivity index (χ1n) is 9.16. The van der Waals surface area contributed by atoms with Crippen LogP contribution in [0.5, 0.6) is 0 Å². The predicted molar refractivity (Wildman–Crippen MR) is 106 cm³/mol. The second-order valence-electron chi connectivity index (χ2n) is 6.97. The van der Waals surface area contributed by atoms with Gasteiger partial charge in [0.05, 0.1) is 6.61 Å². The minimum atomic E-state index is 0.495. The van der Waals surface area contributed by atoms with Crippen molar-refractivity contribution >= 4 is 21.9 Å². The molecule has 1 heterocycles. The van der Waals surface area contributed by atoms with Gasteiger partial charge in [-0.3, -0.25) is 4.99 Å². The van der Waals surface area contributed by atoms with E-state index in [1.54, 1.807) is 7.11 Å². The van der Waals surface area contributed by atoms with Gasteiger partial charge in [-0.25, -0.2) is 0 Å². The Kier molecular flexibility index (Phi) is 6.73. The lowest BCUT2D eigenvalue weighted by atomic mass is 10.1. The third-order valence-electron chi connectivity index (χ3n) is 5.17. The van der Waals surface area contributed by atoms with Gasteiger partial charge >= 0.3 is 0 Å². The zero-order valence-electron chi connectivity index (χ0n) is 15.2. The number of hydrogen-bond acceptors (Lipinski definition) is 3. The predicted octanol–water partition coefficient (Wildman–Crippen LogP) is 2.58. The molecule has 0 bridgehead atoms. The van der Waals surface area contributed by atoms with Crippen molar-refractivity contribution in [3.8, 4) is 0 Å². The second kappa shape index (κ2) is 9.01. The van der Waals surface area contributed by atoms with Gasteiger partial charge in [-0.1, -0.05) is 28.1 Å². The molecule has 3 rings (SSSR count). The SMILES string of the molecule is CN=C(NC1CCN(CCOC)CC1)NC1CC1c1ccc(Br)cc1. The first kappa shape index (κ1) is 18.7. The first-order valence-corrected chi connectivity index (χ1v) is 9.95. The molecule has 25 heavy (non-hydrogen) atoms. The van der Waals surface area contributed by atoms with Crippen LogP contribution in [0.4, 0.5) is 0 Å². The summed E-state index contributed by atoms with van der Waals surface area (Å²) < 4.78 is 6.30. The minimum absolute atomic E-state index is 0.495. The molecule has 138 valence electrons. The van der Waals surface area contributed by atoms with Crippen LogP contribution in [0.1, 0.15) is 30.7 Å². The van der Waals surface area contributed by atoms with Gasteiger partial charge in [0.2, 0.25) is 0 Å². The van der Waals surface area contributed by atoms with Crippen LogP contribution in [0.2, 0.25) is 0 Å². The minimum Gasteiger partial charge on any atom is -0.383 e. The fourth-order valence-electron chi connectivity index (χ4n) is 3.49. The topological polar surface area (TPSA) is 48.9 Å². The van der Waals surface area contributed by atoms with Gasteiger partial charge < -0.3 is 20.3 Å². The summed E-state index contributed by atoms with van der Waals surface area (Å²) in [5.74, 6) is 1.54. The molecule has 1 aromatic carbocycles. The monoisotopic (exact) mass is 408 g/mol. The van der Waals surface area contributed by atoms with Crippen LogP contribution in [0.15, 0.2) is 33.7 Å². The largest absolute Gasteiger partial charge is 0.383 e. The maximum atomic E-state index is 5.17. The van der Waals surface area contributed by atoms with Crippen LogP contribution in [-0.4, -0.2) is 63.3 Å². The maximum Gasteiger partial charge on any atom is 0.191 e. The average molecular weight is 409 g/mol. The first-order chi connectivity index (χ1) is 12.2. The average Bonchev–Trinajstić information content (AvgIpc) is 3.40. The van der Waals surface area contributed by atoms with Crippen molar-refractivity contribution in [1.82, 2.24) is 15.5 Å². The lowest BCUT2D eigenvalue weighted by Crippen LogP contribution is -2.49. The highest BCUT2D eigenvalue weighted by Crippen LogP contribution is 2.41. The zero-order valence-corrected chi connectivity index (χ0v) is 16.8. The fourth-order valence-corrected chi connectivity index (χ4v) is 3.76. The van der Waals surface area contributed by atoms with E-state index in [-0.39, 0.29) is 0 Å². The van der Waals surface area contributed by atoms with Crippen LogP contribution in [0.25, 0.3) is 0 Å². The Hall–Kier alpha value is -1.11.